The van der Waals surface area contributed by atoms with Crippen molar-refractivity contribution in [2.24, 2.45) is 5.41 Å². The zero-order valence-corrected chi connectivity index (χ0v) is 10.1. The molecule has 0 saturated heterocycles. The monoisotopic (exact) mass is 238 g/mol. The number of hydrogen-bond acceptors (Lipinski definition) is 2. The average molecular weight is 238 g/mol. The fraction of sp³-hybridized carbons (Fsp3) is 0.462. The summed E-state index contributed by atoms with van der Waals surface area (Å²) in [4.78, 5) is 11.4. The molecule has 17 heavy (non-hydrogen) atoms. The Hall–Kier alpha value is -1.58. The van der Waals surface area contributed by atoms with Gasteiger partial charge in [0.15, 0.2) is 11.6 Å². The number of methoxy groups -OCH3 is 1. The van der Waals surface area contributed by atoms with Gasteiger partial charge in [0.05, 0.1) is 12.5 Å². The first-order valence-corrected chi connectivity index (χ1v) is 5.42. The second kappa shape index (κ2) is 3.45. The second-order valence-corrected chi connectivity index (χ2v) is 5.12. The molecule has 4 heteroatoms. The number of ether oxygens (including phenoxy) is 1. The van der Waals surface area contributed by atoms with Crippen LogP contribution in [-0.2, 0) is 10.2 Å². The first-order chi connectivity index (χ1) is 7.85. The molecule has 0 amide bonds. The van der Waals surface area contributed by atoms with Gasteiger partial charge in [-0.1, -0.05) is 19.9 Å². The Bertz CT molecular complexity index is 482. The van der Waals surface area contributed by atoms with E-state index in [2.05, 4.69) is 0 Å². The second-order valence-electron chi connectivity index (χ2n) is 5.12. The van der Waals surface area contributed by atoms with Crippen molar-refractivity contribution in [1.29, 1.82) is 0 Å². The third-order valence-electron chi connectivity index (χ3n) is 3.75. The van der Waals surface area contributed by atoms with Gasteiger partial charge in [-0.25, -0.2) is 4.39 Å². The van der Waals surface area contributed by atoms with Gasteiger partial charge in [0.2, 0.25) is 0 Å². The maximum Gasteiger partial charge on any atom is 0.314 e. The van der Waals surface area contributed by atoms with Gasteiger partial charge in [-0.2, -0.15) is 0 Å². The normalized spacial score (nSPS) is 25.4. The summed E-state index contributed by atoms with van der Waals surface area (Å²) >= 11 is 0. The number of carboxylic acids is 1. The Balaban J connectivity index is 2.51. The smallest absolute Gasteiger partial charge is 0.314 e. The Morgan fingerprint density at radius 2 is 2.06 bits per heavy atom. The standard InChI is InChI=1S/C13H15FO3/c1-12(2)7-13(12,11(15)16)8-4-5-9(14)10(6-8)17-3/h4-6H,7H2,1-3H3,(H,15,16). The van der Waals surface area contributed by atoms with Gasteiger partial charge in [-0.3, -0.25) is 4.79 Å². The lowest BCUT2D eigenvalue weighted by Crippen LogP contribution is -2.25. The molecule has 92 valence electrons. The first-order valence-electron chi connectivity index (χ1n) is 5.42. The van der Waals surface area contributed by atoms with Crippen molar-refractivity contribution in [3.63, 3.8) is 0 Å². The molecule has 1 saturated carbocycles. The van der Waals surface area contributed by atoms with Crippen molar-refractivity contribution in [3.05, 3.63) is 29.6 Å². The molecule has 0 radical (unpaired) electrons. The molecule has 1 aliphatic carbocycles. The van der Waals surface area contributed by atoms with Crippen LogP contribution < -0.4 is 4.74 Å². The summed E-state index contributed by atoms with van der Waals surface area (Å²) in [5.41, 5.74) is -0.608. The number of hydrogen-bond donors (Lipinski definition) is 1. The zero-order chi connectivity index (χ0) is 12.8. The zero-order valence-electron chi connectivity index (χ0n) is 10.1. The molecular weight excluding hydrogens is 223 g/mol. The minimum Gasteiger partial charge on any atom is -0.494 e. The highest BCUT2D eigenvalue weighted by Gasteiger charge is 2.67. The Morgan fingerprint density at radius 1 is 1.47 bits per heavy atom. The molecular formula is C13H15FO3. The summed E-state index contributed by atoms with van der Waals surface area (Å²) in [6.45, 7) is 3.80. The summed E-state index contributed by atoms with van der Waals surface area (Å²) in [7, 11) is 1.37. The predicted molar refractivity (Wildman–Crippen MR) is 60.7 cm³/mol. The minimum absolute atomic E-state index is 0.0887. The number of halogens is 1. The molecule has 1 atom stereocenters. The van der Waals surface area contributed by atoms with Crippen molar-refractivity contribution in [1.82, 2.24) is 0 Å². The van der Waals surface area contributed by atoms with Crippen LogP contribution in [0.25, 0.3) is 0 Å². The van der Waals surface area contributed by atoms with E-state index < -0.39 is 17.2 Å². The van der Waals surface area contributed by atoms with Crippen molar-refractivity contribution < 1.29 is 19.0 Å². The van der Waals surface area contributed by atoms with E-state index in [1.165, 1.54) is 25.3 Å². The highest BCUT2D eigenvalue weighted by Crippen LogP contribution is 2.64. The van der Waals surface area contributed by atoms with Gasteiger partial charge in [0.1, 0.15) is 0 Å². The lowest BCUT2D eigenvalue weighted by atomic mass is 9.88. The van der Waals surface area contributed by atoms with E-state index in [0.717, 1.165) is 0 Å². The SMILES string of the molecule is COc1cc(C2(C(=O)O)CC2(C)C)ccc1F. The molecule has 1 aliphatic rings. The predicted octanol–water partition coefficient (Wildman–Crippen LogP) is 2.59. The quantitative estimate of drug-likeness (QED) is 0.880. The van der Waals surface area contributed by atoms with E-state index in [4.69, 9.17) is 4.74 Å². The fourth-order valence-corrected chi connectivity index (χ4v) is 2.53. The largest absolute Gasteiger partial charge is 0.494 e. The molecule has 1 fully saturated rings. The molecule has 1 aromatic rings. The minimum atomic E-state index is -0.909. The number of aliphatic carboxylic acids is 1. The summed E-state index contributed by atoms with van der Waals surface area (Å²) < 4.78 is 18.2. The van der Waals surface area contributed by atoms with Crippen LogP contribution in [0.4, 0.5) is 4.39 Å². The van der Waals surface area contributed by atoms with Gasteiger partial charge in [0, 0.05) is 0 Å². The van der Waals surface area contributed by atoms with E-state index >= 15 is 0 Å². The van der Waals surface area contributed by atoms with Crippen LogP contribution >= 0.6 is 0 Å². The van der Waals surface area contributed by atoms with E-state index in [9.17, 15) is 14.3 Å². The number of carboxylic acid groups (broad SMARTS) is 1. The molecule has 0 aromatic heterocycles. The molecule has 1 N–H and O–H groups in total. The maximum atomic E-state index is 13.3. The van der Waals surface area contributed by atoms with Crippen LogP contribution in [0.5, 0.6) is 5.75 Å². The highest BCUT2D eigenvalue weighted by atomic mass is 19.1. The van der Waals surface area contributed by atoms with Crippen LogP contribution in [0.15, 0.2) is 18.2 Å². The molecule has 2 rings (SSSR count). The van der Waals surface area contributed by atoms with Gasteiger partial charge in [0.25, 0.3) is 0 Å². The first kappa shape index (κ1) is 11.9. The van der Waals surface area contributed by atoms with E-state index in [-0.39, 0.29) is 11.2 Å². The van der Waals surface area contributed by atoms with Crippen molar-refractivity contribution >= 4 is 5.97 Å². The summed E-state index contributed by atoms with van der Waals surface area (Å²) in [6.07, 6.45) is 0.560. The van der Waals surface area contributed by atoms with Crippen LogP contribution in [0.3, 0.4) is 0 Å². The average Bonchev–Trinajstić information content (AvgIpc) is 2.84. The molecule has 1 aromatic carbocycles. The summed E-state index contributed by atoms with van der Waals surface area (Å²) in [5, 5.41) is 9.39. The summed E-state index contributed by atoms with van der Waals surface area (Å²) in [6, 6.07) is 4.27. The van der Waals surface area contributed by atoms with Crippen molar-refractivity contribution in [2.75, 3.05) is 7.11 Å². The van der Waals surface area contributed by atoms with E-state index in [1.54, 1.807) is 0 Å². The lowest BCUT2D eigenvalue weighted by Gasteiger charge is -2.17. The van der Waals surface area contributed by atoms with Crippen LogP contribution in [0.2, 0.25) is 0 Å². The third kappa shape index (κ3) is 1.51. The van der Waals surface area contributed by atoms with Crippen LogP contribution in [0, 0.1) is 11.2 Å². The Morgan fingerprint density at radius 3 is 2.47 bits per heavy atom. The molecule has 0 heterocycles. The highest BCUT2D eigenvalue weighted by molar-refractivity contribution is 5.87. The molecule has 0 bridgehead atoms. The third-order valence-corrected chi connectivity index (χ3v) is 3.75. The molecule has 3 nitrogen and oxygen atoms in total. The van der Waals surface area contributed by atoms with Gasteiger partial charge in [-0.05, 0) is 29.5 Å². The van der Waals surface area contributed by atoms with Gasteiger partial charge in [-0.15, -0.1) is 0 Å². The lowest BCUT2D eigenvalue weighted by molar-refractivity contribution is -0.141. The van der Waals surface area contributed by atoms with Gasteiger partial charge < -0.3 is 9.84 Å². The van der Waals surface area contributed by atoms with E-state index in [0.29, 0.717) is 12.0 Å². The van der Waals surface area contributed by atoms with Crippen LogP contribution in [0.1, 0.15) is 25.8 Å². The van der Waals surface area contributed by atoms with Gasteiger partial charge >= 0.3 is 5.97 Å². The van der Waals surface area contributed by atoms with E-state index in [1.807, 2.05) is 13.8 Å². The van der Waals surface area contributed by atoms with Crippen molar-refractivity contribution in [2.45, 2.75) is 25.7 Å². The summed E-state index contributed by atoms with van der Waals surface area (Å²) in [5.74, 6) is -1.25. The number of carbonyl (C=O) groups is 1. The number of benzene rings is 1. The molecule has 0 aliphatic heterocycles. The fourth-order valence-electron chi connectivity index (χ4n) is 2.53. The topological polar surface area (TPSA) is 46.5 Å². The molecule has 1 unspecified atom stereocenters. The number of rotatable bonds is 3. The van der Waals surface area contributed by atoms with Crippen LogP contribution in [-0.4, -0.2) is 18.2 Å². The van der Waals surface area contributed by atoms with Crippen molar-refractivity contribution in [3.8, 4) is 5.75 Å². The maximum absolute atomic E-state index is 13.3. The Labute approximate surface area is 99.2 Å². The Kier molecular flexibility index (Phi) is 2.42. The molecule has 0 spiro atoms.